The molecule has 0 amide bonds. The summed E-state index contributed by atoms with van der Waals surface area (Å²) in [5.74, 6) is 0.803. The van der Waals surface area contributed by atoms with Crippen molar-refractivity contribution in [3.63, 3.8) is 0 Å². The maximum Gasteiger partial charge on any atom is 0.225 e. The molecule has 114 valence electrons. The van der Waals surface area contributed by atoms with Crippen LogP contribution in [0, 0.1) is 0 Å². The van der Waals surface area contributed by atoms with Crippen molar-refractivity contribution in [2.75, 3.05) is 31.7 Å². The minimum Gasteiger partial charge on any atom is -0.394 e. The molecule has 3 rings (SSSR count). The Labute approximate surface area is 132 Å². The molecule has 2 aromatic heterocycles. The molecule has 0 bridgehead atoms. The van der Waals surface area contributed by atoms with E-state index in [1.54, 1.807) is 11.3 Å². The highest BCUT2D eigenvalue weighted by Crippen LogP contribution is 2.38. The van der Waals surface area contributed by atoms with Crippen LogP contribution in [0.5, 0.6) is 0 Å². The number of ether oxygens (including phenoxy) is 1. The van der Waals surface area contributed by atoms with Crippen molar-refractivity contribution in [3.8, 4) is 0 Å². The molecule has 2 heterocycles. The van der Waals surface area contributed by atoms with E-state index in [1.807, 2.05) is 0 Å². The second kappa shape index (κ2) is 6.87. The van der Waals surface area contributed by atoms with Gasteiger partial charge in [-0.2, -0.15) is 0 Å². The quantitative estimate of drug-likeness (QED) is 0.630. The van der Waals surface area contributed by atoms with Crippen LogP contribution in [-0.2, 0) is 17.6 Å². The average Bonchev–Trinajstić information content (AvgIpc) is 2.84. The summed E-state index contributed by atoms with van der Waals surface area (Å²) in [4.78, 5) is 11.1. The van der Waals surface area contributed by atoms with E-state index >= 15 is 0 Å². The molecule has 7 heteroatoms. The van der Waals surface area contributed by atoms with Gasteiger partial charge in [0, 0.05) is 11.4 Å². The van der Waals surface area contributed by atoms with Gasteiger partial charge in [0.15, 0.2) is 0 Å². The zero-order chi connectivity index (χ0) is 14.7. The highest BCUT2D eigenvalue weighted by molar-refractivity contribution is 7.19. The van der Waals surface area contributed by atoms with Crippen molar-refractivity contribution < 1.29 is 9.84 Å². The Balaban J connectivity index is 1.84. The van der Waals surface area contributed by atoms with Crippen LogP contribution in [0.3, 0.4) is 0 Å². The number of rotatable bonds is 6. The number of nitrogens with one attached hydrogen (secondary N) is 1. The standard InChI is InChI=1S/C14H18ClN3O2S/c15-14-17-12(16-5-7-20-8-6-19)11-9-3-1-2-4-10(9)21-13(11)18-14/h19H,1-8H2,(H,16,17,18). The zero-order valence-corrected chi connectivity index (χ0v) is 13.3. The second-order valence-corrected chi connectivity index (χ2v) is 6.42. The Bertz CT molecular complexity index is 632. The molecule has 0 unspecified atom stereocenters. The van der Waals surface area contributed by atoms with E-state index in [0.29, 0.717) is 19.8 Å². The summed E-state index contributed by atoms with van der Waals surface area (Å²) < 4.78 is 5.25. The third kappa shape index (κ3) is 3.29. The topological polar surface area (TPSA) is 67.3 Å². The van der Waals surface area contributed by atoms with Crippen molar-refractivity contribution in [1.29, 1.82) is 0 Å². The minimum atomic E-state index is 0.0433. The number of nitrogens with zero attached hydrogens (tertiary/aromatic N) is 2. The Morgan fingerprint density at radius 2 is 2.10 bits per heavy atom. The summed E-state index contributed by atoms with van der Waals surface area (Å²) in [7, 11) is 0. The third-order valence-corrected chi connectivity index (χ3v) is 4.92. The molecular weight excluding hydrogens is 310 g/mol. The van der Waals surface area contributed by atoms with Gasteiger partial charge in [-0.15, -0.1) is 11.3 Å². The number of aromatic nitrogens is 2. The van der Waals surface area contributed by atoms with E-state index in [0.717, 1.165) is 28.9 Å². The SMILES string of the molecule is OCCOCCNc1nc(Cl)nc2sc3c(c12)CCCC3. The summed E-state index contributed by atoms with van der Waals surface area (Å²) in [6, 6.07) is 0. The lowest BCUT2D eigenvalue weighted by atomic mass is 9.97. The van der Waals surface area contributed by atoms with Crippen molar-refractivity contribution in [3.05, 3.63) is 15.7 Å². The van der Waals surface area contributed by atoms with Gasteiger partial charge in [0.05, 0.1) is 25.2 Å². The fourth-order valence-electron chi connectivity index (χ4n) is 2.67. The molecule has 1 aliphatic rings. The largest absolute Gasteiger partial charge is 0.394 e. The van der Waals surface area contributed by atoms with Crippen molar-refractivity contribution in [2.24, 2.45) is 0 Å². The predicted octanol–water partition coefficient (Wildman–Crippen LogP) is 2.64. The van der Waals surface area contributed by atoms with Gasteiger partial charge < -0.3 is 15.2 Å². The number of aliphatic hydroxyl groups excluding tert-OH is 1. The smallest absolute Gasteiger partial charge is 0.225 e. The molecule has 0 radical (unpaired) electrons. The van der Waals surface area contributed by atoms with E-state index in [4.69, 9.17) is 21.4 Å². The van der Waals surface area contributed by atoms with Crippen LogP contribution in [0.2, 0.25) is 5.28 Å². The molecule has 21 heavy (non-hydrogen) atoms. The van der Waals surface area contributed by atoms with Crippen LogP contribution in [0.1, 0.15) is 23.3 Å². The van der Waals surface area contributed by atoms with Crippen LogP contribution in [0.25, 0.3) is 10.2 Å². The lowest BCUT2D eigenvalue weighted by Crippen LogP contribution is -2.13. The molecule has 2 N–H and O–H groups in total. The Kier molecular flexibility index (Phi) is 4.90. The third-order valence-electron chi connectivity index (χ3n) is 3.56. The van der Waals surface area contributed by atoms with Gasteiger partial charge in [0.1, 0.15) is 10.6 Å². The molecule has 0 saturated carbocycles. The fraction of sp³-hybridized carbons (Fsp3) is 0.571. The maximum absolute atomic E-state index is 8.68. The fourth-order valence-corrected chi connectivity index (χ4v) is 4.15. The van der Waals surface area contributed by atoms with Gasteiger partial charge in [-0.05, 0) is 42.8 Å². The maximum atomic E-state index is 8.68. The Morgan fingerprint density at radius 1 is 1.24 bits per heavy atom. The highest BCUT2D eigenvalue weighted by atomic mass is 35.5. The minimum absolute atomic E-state index is 0.0433. The number of hydrogen-bond acceptors (Lipinski definition) is 6. The lowest BCUT2D eigenvalue weighted by molar-refractivity contribution is 0.0992. The van der Waals surface area contributed by atoms with Gasteiger partial charge >= 0.3 is 0 Å². The molecule has 0 fully saturated rings. The van der Waals surface area contributed by atoms with E-state index in [2.05, 4.69) is 15.3 Å². The average molecular weight is 328 g/mol. The van der Waals surface area contributed by atoms with Crippen LogP contribution in [-0.4, -0.2) is 41.4 Å². The highest BCUT2D eigenvalue weighted by Gasteiger charge is 2.20. The van der Waals surface area contributed by atoms with Crippen LogP contribution < -0.4 is 5.32 Å². The van der Waals surface area contributed by atoms with Crippen molar-refractivity contribution in [1.82, 2.24) is 9.97 Å². The zero-order valence-electron chi connectivity index (χ0n) is 11.7. The Hall–Kier alpha value is -0.950. The number of halogens is 1. The normalized spacial score (nSPS) is 14.4. The van der Waals surface area contributed by atoms with Crippen molar-refractivity contribution in [2.45, 2.75) is 25.7 Å². The Morgan fingerprint density at radius 3 is 2.95 bits per heavy atom. The molecular formula is C14H18ClN3O2S. The number of fused-ring (bicyclic) bond motifs is 3. The molecule has 1 aliphatic carbocycles. The number of hydrogen-bond donors (Lipinski definition) is 2. The van der Waals surface area contributed by atoms with Gasteiger partial charge in [0.25, 0.3) is 0 Å². The first kappa shape index (κ1) is 15.0. The van der Waals surface area contributed by atoms with E-state index in [9.17, 15) is 0 Å². The summed E-state index contributed by atoms with van der Waals surface area (Å²) >= 11 is 7.77. The first-order valence-corrected chi connectivity index (χ1v) is 8.39. The first-order chi connectivity index (χ1) is 10.3. The monoisotopic (exact) mass is 327 g/mol. The van der Waals surface area contributed by atoms with E-state index < -0.39 is 0 Å². The molecule has 0 aromatic carbocycles. The number of anilines is 1. The molecule has 2 aromatic rings. The first-order valence-electron chi connectivity index (χ1n) is 7.20. The molecule has 0 atom stereocenters. The number of aryl methyl sites for hydroxylation is 2. The van der Waals surface area contributed by atoms with Gasteiger partial charge in [-0.25, -0.2) is 9.97 Å². The summed E-state index contributed by atoms with van der Waals surface area (Å²) in [6.07, 6.45) is 4.70. The molecule has 5 nitrogen and oxygen atoms in total. The number of aliphatic hydroxyl groups is 1. The predicted molar refractivity (Wildman–Crippen MR) is 85.5 cm³/mol. The number of thiophene rings is 1. The van der Waals surface area contributed by atoms with Crippen LogP contribution >= 0.6 is 22.9 Å². The van der Waals surface area contributed by atoms with E-state index in [-0.39, 0.29) is 11.9 Å². The summed E-state index contributed by atoms with van der Waals surface area (Å²) in [5, 5.41) is 13.4. The van der Waals surface area contributed by atoms with Crippen molar-refractivity contribution >= 4 is 39.0 Å². The molecule has 0 saturated heterocycles. The summed E-state index contributed by atoms with van der Waals surface area (Å²) in [6.45, 7) is 1.56. The van der Waals surface area contributed by atoms with E-state index in [1.165, 1.54) is 23.3 Å². The van der Waals surface area contributed by atoms with Gasteiger partial charge in [-0.3, -0.25) is 0 Å². The molecule has 0 aliphatic heterocycles. The van der Waals surface area contributed by atoms with Crippen LogP contribution in [0.15, 0.2) is 0 Å². The molecule has 0 spiro atoms. The lowest BCUT2D eigenvalue weighted by Gasteiger charge is -2.12. The second-order valence-electron chi connectivity index (χ2n) is 5.00. The summed E-state index contributed by atoms with van der Waals surface area (Å²) in [5.41, 5.74) is 1.39. The van der Waals surface area contributed by atoms with Crippen LogP contribution in [0.4, 0.5) is 5.82 Å². The van der Waals surface area contributed by atoms with Gasteiger partial charge in [-0.1, -0.05) is 0 Å². The van der Waals surface area contributed by atoms with Gasteiger partial charge in [0.2, 0.25) is 5.28 Å².